The fourth-order valence-corrected chi connectivity index (χ4v) is 3.27. The van der Waals surface area contributed by atoms with Gasteiger partial charge in [0.05, 0.1) is 10.6 Å². The van der Waals surface area contributed by atoms with Crippen molar-refractivity contribution >= 4 is 34.6 Å². The Labute approximate surface area is 140 Å². The molecule has 1 N–H and O–H groups in total. The van der Waals surface area contributed by atoms with E-state index in [9.17, 15) is 4.79 Å². The van der Waals surface area contributed by atoms with Crippen molar-refractivity contribution in [1.82, 2.24) is 5.32 Å². The molecule has 1 aliphatic heterocycles. The van der Waals surface area contributed by atoms with Gasteiger partial charge in [-0.2, -0.15) is 0 Å². The maximum atomic E-state index is 12.1. The Morgan fingerprint density at radius 2 is 1.83 bits per heavy atom. The highest BCUT2D eigenvalue weighted by Crippen LogP contribution is 2.29. The Hall–Kier alpha value is -2.33. The largest absolute Gasteiger partial charge is 0.300 e. The number of carbonyl (C=O) groups excluding carboxylic acids is 1. The maximum absolute atomic E-state index is 12.1. The molecule has 1 saturated heterocycles. The second-order valence-corrected chi connectivity index (χ2v) is 6.72. The van der Waals surface area contributed by atoms with Crippen LogP contribution in [0.5, 0.6) is 0 Å². The molecule has 116 valence electrons. The summed E-state index contributed by atoms with van der Waals surface area (Å²) in [7, 11) is 0. The summed E-state index contributed by atoms with van der Waals surface area (Å²) in [6, 6.07) is 14.2. The van der Waals surface area contributed by atoms with Gasteiger partial charge < -0.3 is 5.32 Å². The molecule has 1 aliphatic rings. The van der Waals surface area contributed by atoms with Gasteiger partial charge >= 0.3 is 0 Å². The molecule has 1 fully saturated rings. The van der Waals surface area contributed by atoms with E-state index in [4.69, 9.17) is 0 Å². The highest BCUT2D eigenvalue weighted by molar-refractivity contribution is 8.18. The molecule has 0 bridgehead atoms. The summed E-state index contributed by atoms with van der Waals surface area (Å²) < 4.78 is 0. The van der Waals surface area contributed by atoms with Gasteiger partial charge in [-0.3, -0.25) is 4.79 Å². The summed E-state index contributed by atoms with van der Waals surface area (Å²) in [4.78, 5) is 17.4. The fourth-order valence-electron chi connectivity index (χ4n) is 2.43. The quantitative estimate of drug-likeness (QED) is 0.827. The number of carbonyl (C=O) groups is 1. The molecule has 1 heterocycles. The minimum atomic E-state index is -0.0972. The number of rotatable bonds is 2. The number of aliphatic imine (C=N–C) groups is 1. The zero-order chi connectivity index (χ0) is 16.4. The zero-order valence-electron chi connectivity index (χ0n) is 13.4. The lowest BCUT2D eigenvalue weighted by atomic mass is 10.1. The van der Waals surface area contributed by atoms with Crippen molar-refractivity contribution in [3.05, 3.63) is 69.6 Å². The van der Waals surface area contributed by atoms with Gasteiger partial charge in [-0.25, -0.2) is 4.99 Å². The van der Waals surface area contributed by atoms with Crippen LogP contribution >= 0.6 is 11.8 Å². The monoisotopic (exact) mass is 322 g/mol. The average Bonchev–Trinajstić information content (AvgIpc) is 2.82. The maximum Gasteiger partial charge on any atom is 0.264 e. The van der Waals surface area contributed by atoms with Crippen molar-refractivity contribution in [1.29, 1.82) is 0 Å². The van der Waals surface area contributed by atoms with E-state index in [0.29, 0.717) is 10.1 Å². The molecule has 1 amide bonds. The van der Waals surface area contributed by atoms with Gasteiger partial charge in [-0.1, -0.05) is 47.5 Å². The first-order valence-electron chi connectivity index (χ1n) is 7.45. The number of hydrogen-bond donors (Lipinski definition) is 1. The third-order valence-electron chi connectivity index (χ3n) is 3.57. The molecular formula is C19H18N2OS. The van der Waals surface area contributed by atoms with Crippen LogP contribution < -0.4 is 5.32 Å². The number of benzene rings is 2. The van der Waals surface area contributed by atoms with Crippen molar-refractivity contribution in [2.24, 2.45) is 4.99 Å². The third-order valence-corrected chi connectivity index (χ3v) is 4.47. The number of nitrogens with zero attached hydrogens (tertiary/aromatic N) is 1. The van der Waals surface area contributed by atoms with Gasteiger partial charge in [0, 0.05) is 0 Å². The van der Waals surface area contributed by atoms with E-state index >= 15 is 0 Å². The average molecular weight is 322 g/mol. The van der Waals surface area contributed by atoms with Crippen LogP contribution in [0.1, 0.15) is 22.3 Å². The molecule has 0 radical (unpaired) electrons. The van der Waals surface area contributed by atoms with E-state index in [1.165, 1.54) is 22.9 Å². The van der Waals surface area contributed by atoms with E-state index in [0.717, 1.165) is 16.8 Å². The Morgan fingerprint density at radius 3 is 2.57 bits per heavy atom. The second-order valence-electron chi connectivity index (χ2n) is 5.69. The molecule has 23 heavy (non-hydrogen) atoms. The molecule has 4 heteroatoms. The van der Waals surface area contributed by atoms with Crippen LogP contribution in [0.4, 0.5) is 5.69 Å². The predicted molar refractivity (Wildman–Crippen MR) is 97.9 cm³/mol. The predicted octanol–water partition coefficient (Wildman–Crippen LogP) is 4.50. The lowest BCUT2D eigenvalue weighted by Crippen LogP contribution is -2.19. The lowest BCUT2D eigenvalue weighted by Gasteiger charge is -2.02. The summed E-state index contributed by atoms with van der Waals surface area (Å²) in [6.07, 6.45) is 1.90. The number of thioether (sulfide) groups is 1. The molecule has 0 atom stereocenters. The minimum Gasteiger partial charge on any atom is -0.300 e. The van der Waals surface area contributed by atoms with Gasteiger partial charge in [0.25, 0.3) is 5.91 Å². The summed E-state index contributed by atoms with van der Waals surface area (Å²) >= 11 is 1.38. The number of aryl methyl sites for hydroxylation is 3. The van der Waals surface area contributed by atoms with Gasteiger partial charge in [0.1, 0.15) is 0 Å². The first-order chi connectivity index (χ1) is 11.0. The zero-order valence-corrected chi connectivity index (χ0v) is 14.2. The molecular weight excluding hydrogens is 304 g/mol. The Balaban J connectivity index is 1.86. The minimum absolute atomic E-state index is 0.0972. The van der Waals surface area contributed by atoms with Gasteiger partial charge in [0.15, 0.2) is 5.17 Å². The van der Waals surface area contributed by atoms with Crippen molar-refractivity contribution < 1.29 is 4.79 Å². The van der Waals surface area contributed by atoms with E-state index < -0.39 is 0 Å². The molecule has 3 rings (SSSR count). The molecule has 2 aromatic rings. The molecule has 0 spiro atoms. The van der Waals surface area contributed by atoms with E-state index in [1.807, 2.05) is 50.3 Å². The van der Waals surface area contributed by atoms with Crippen LogP contribution in [0.25, 0.3) is 6.08 Å². The Kier molecular flexibility index (Phi) is 4.35. The smallest absolute Gasteiger partial charge is 0.264 e. The van der Waals surface area contributed by atoms with Crippen molar-refractivity contribution in [2.75, 3.05) is 0 Å². The summed E-state index contributed by atoms with van der Waals surface area (Å²) in [5, 5.41) is 3.46. The van der Waals surface area contributed by atoms with Crippen molar-refractivity contribution in [2.45, 2.75) is 20.8 Å². The molecule has 0 aliphatic carbocycles. The number of amides is 1. The first kappa shape index (κ1) is 15.6. The number of nitrogens with one attached hydrogen (secondary N) is 1. The van der Waals surface area contributed by atoms with E-state index in [2.05, 4.69) is 29.4 Å². The highest BCUT2D eigenvalue weighted by Gasteiger charge is 2.23. The van der Waals surface area contributed by atoms with Gasteiger partial charge in [0.2, 0.25) is 0 Å². The highest BCUT2D eigenvalue weighted by atomic mass is 32.2. The van der Waals surface area contributed by atoms with Crippen LogP contribution in [0.3, 0.4) is 0 Å². The number of amidine groups is 1. The third kappa shape index (κ3) is 3.71. The molecule has 0 aromatic heterocycles. The van der Waals surface area contributed by atoms with Crippen molar-refractivity contribution in [3.8, 4) is 0 Å². The molecule has 3 nitrogen and oxygen atoms in total. The van der Waals surface area contributed by atoms with Gasteiger partial charge in [-0.15, -0.1) is 0 Å². The van der Waals surface area contributed by atoms with Crippen LogP contribution in [0, 0.1) is 20.8 Å². The molecule has 0 saturated carbocycles. The molecule has 2 aromatic carbocycles. The molecule has 0 unspecified atom stereocenters. The van der Waals surface area contributed by atoms with Crippen LogP contribution in [0.2, 0.25) is 0 Å². The Bertz CT molecular complexity index is 837. The topological polar surface area (TPSA) is 41.5 Å². The summed E-state index contributed by atoms with van der Waals surface area (Å²) in [5.74, 6) is -0.0972. The van der Waals surface area contributed by atoms with E-state index in [1.54, 1.807) is 0 Å². The van der Waals surface area contributed by atoms with Crippen LogP contribution in [-0.4, -0.2) is 11.1 Å². The van der Waals surface area contributed by atoms with Crippen molar-refractivity contribution in [3.63, 3.8) is 0 Å². The Morgan fingerprint density at radius 1 is 1.04 bits per heavy atom. The second kappa shape index (κ2) is 6.42. The standard InChI is InChI=1S/C19H18N2OS/c1-12-5-4-6-15(10-12)11-17-18(22)21-19(23-17)20-16-8-7-13(2)9-14(16)3/h4-11H,1-3H3,(H,20,21,22). The first-order valence-corrected chi connectivity index (χ1v) is 8.26. The fraction of sp³-hybridized carbons (Fsp3) is 0.158. The number of hydrogen-bond acceptors (Lipinski definition) is 3. The van der Waals surface area contributed by atoms with Crippen LogP contribution in [-0.2, 0) is 4.79 Å². The van der Waals surface area contributed by atoms with E-state index in [-0.39, 0.29) is 5.91 Å². The van der Waals surface area contributed by atoms with Crippen LogP contribution in [0.15, 0.2) is 52.4 Å². The lowest BCUT2D eigenvalue weighted by molar-refractivity contribution is -0.115. The SMILES string of the molecule is Cc1cccc(C=C2SC(=Nc3ccc(C)cc3C)NC2=O)c1. The summed E-state index contributed by atoms with van der Waals surface area (Å²) in [6.45, 7) is 6.12. The summed E-state index contributed by atoms with van der Waals surface area (Å²) in [5.41, 5.74) is 5.38. The normalized spacial score (nSPS) is 17.8. The van der Waals surface area contributed by atoms with Gasteiger partial charge in [-0.05, 0) is 55.8 Å².